The first-order valence-corrected chi connectivity index (χ1v) is 9.48. The molecule has 7 nitrogen and oxygen atoms in total. The van der Waals surface area contributed by atoms with Gasteiger partial charge in [-0.2, -0.15) is 0 Å². The van der Waals surface area contributed by atoms with E-state index in [0.29, 0.717) is 30.5 Å². The molecular weight excluding hydrogens is 360 g/mol. The number of piperidine rings is 1. The number of aliphatic hydroxyl groups is 1. The molecule has 1 aromatic carbocycles. The molecule has 0 spiro atoms. The summed E-state index contributed by atoms with van der Waals surface area (Å²) in [5.74, 6) is -1.11. The fourth-order valence-corrected chi connectivity index (χ4v) is 5.81. The highest BCUT2D eigenvalue weighted by Gasteiger charge is 2.64. The van der Waals surface area contributed by atoms with Crippen LogP contribution in [0.15, 0.2) is 29.1 Å². The lowest BCUT2D eigenvalue weighted by molar-refractivity contribution is -0.145. The second-order valence-electron chi connectivity index (χ2n) is 8.47. The van der Waals surface area contributed by atoms with Crippen LogP contribution in [0.2, 0.25) is 0 Å². The quantitative estimate of drug-likeness (QED) is 0.580. The Morgan fingerprint density at radius 2 is 2.04 bits per heavy atom. The summed E-state index contributed by atoms with van der Waals surface area (Å²) in [7, 11) is 2.00. The highest BCUT2D eigenvalue weighted by Crippen LogP contribution is 2.56. The molecule has 4 N–H and O–H groups in total. The van der Waals surface area contributed by atoms with Crippen LogP contribution in [0.25, 0.3) is 0 Å². The van der Waals surface area contributed by atoms with Crippen LogP contribution in [0.3, 0.4) is 0 Å². The summed E-state index contributed by atoms with van der Waals surface area (Å²) in [4.78, 5) is 28.6. The van der Waals surface area contributed by atoms with Gasteiger partial charge in [-0.3, -0.25) is 4.79 Å². The van der Waals surface area contributed by atoms with E-state index >= 15 is 0 Å². The Bertz CT molecular complexity index is 1080. The third-order valence-corrected chi connectivity index (χ3v) is 7.21. The van der Waals surface area contributed by atoms with Gasteiger partial charge in [0.1, 0.15) is 11.3 Å². The van der Waals surface area contributed by atoms with E-state index in [2.05, 4.69) is 9.88 Å². The smallest absolute Gasteiger partial charge is 0.341 e. The topological polar surface area (TPSA) is 114 Å². The predicted molar refractivity (Wildman–Crippen MR) is 101 cm³/mol. The molecule has 28 heavy (non-hydrogen) atoms. The second kappa shape index (κ2) is 5.46. The minimum Gasteiger partial charge on any atom is -0.508 e. The number of hydrogen-bond acceptors (Lipinski definition) is 5. The standard InChI is InChI=1S/C21H22N2O5/c1-23-5-4-20-10-16-12(6-14(19(26)27)18(25)22-16)9-21(20,28)17(23)7-11-2-3-13(24)8-15(11)20/h2-3,6,8,17,24,28H,4-5,7,9-10H2,1H3,(H,22,25)(H,26,27). The van der Waals surface area contributed by atoms with Gasteiger partial charge in [-0.15, -0.1) is 0 Å². The van der Waals surface area contributed by atoms with Crippen molar-refractivity contribution in [2.75, 3.05) is 13.6 Å². The maximum Gasteiger partial charge on any atom is 0.341 e. The predicted octanol–water partition coefficient (Wildman–Crippen LogP) is 0.807. The van der Waals surface area contributed by atoms with Crippen LogP contribution in [0.5, 0.6) is 5.75 Å². The first-order valence-electron chi connectivity index (χ1n) is 9.48. The van der Waals surface area contributed by atoms with Crippen molar-refractivity contribution in [2.45, 2.75) is 42.7 Å². The van der Waals surface area contributed by atoms with Crippen LogP contribution in [0.4, 0.5) is 0 Å². The highest BCUT2D eigenvalue weighted by atomic mass is 16.4. The number of aromatic amines is 1. The van der Waals surface area contributed by atoms with Gasteiger partial charge in [0.25, 0.3) is 5.56 Å². The molecule has 0 amide bonds. The summed E-state index contributed by atoms with van der Waals surface area (Å²) < 4.78 is 0. The SMILES string of the molecule is CN1CCC23Cc4[nH]c(=O)c(C(=O)O)cc4CC2(O)C1Cc1ccc(O)cc13. The van der Waals surface area contributed by atoms with Crippen molar-refractivity contribution < 1.29 is 20.1 Å². The van der Waals surface area contributed by atoms with Crippen molar-refractivity contribution in [3.05, 3.63) is 62.6 Å². The van der Waals surface area contributed by atoms with E-state index in [-0.39, 0.29) is 23.8 Å². The zero-order valence-electron chi connectivity index (χ0n) is 15.5. The third-order valence-electron chi connectivity index (χ3n) is 7.21. The summed E-state index contributed by atoms with van der Waals surface area (Å²) >= 11 is 0. The van der Waals surface area contributed by atoms with Crippen LogP contribution < -0.4 is 5.56 Å². The van der Waals surface area contributed by atoms with Gasteiger partial charge in [-0.05, 0) is 61.3 Å². The Kier molecular flexibility index (Phi) is 3.40. The number of phenols is 1. The number of H-pyrrole nitrogens is 1. The number of phenolic OH excluding ortho intramolecular Hbond substituents is 1. The third kappa shape index (κ3) is 2.06. The summed E-state index contributed by atoms with van der Waals surface area (Å²) in [6.45, 7) is 0.800. The molecule has 2 heterocycles. The number of nitrogens with zero attached hydrogens (tertiary/aromatic N) is 1. The van der Waals surface area contributed by atoms with E-state index in [0.717, 1.165) is 17.7 Å². The summed E-state index contributed by atoms with van der Waals surface area (Å²) in [6, 6.07) is 6.63. The molecule has 7 heteroatoms. The Hall–Kier alpha value is -2.64. The number of pyridine rings is 1. The first-order chi connectivity index (χ1) is 13.2. The molecule has 3 unspecified atom stereocenters. The minimum absolute atomic E-state index is 0.119. The molecule has 2 bridgehead atoms. The molecule has 3 atom stereocenters. The van der Waals surface area contributed by atoms with Gasteiger partial charge in [0.2, 0.25) is 0 Å². The van der Waals surface area contributed by atoms with Crippen molar-refractivity contribution in [2.24, 2.45) is 0 Å². The summed E-state index contributed by atoms with van der Waals surface area (Å²) in [6.07, 6.45) is 2.03. The van der Waals surface area contributed by atoms with E-state index in [9.17, 15) is 24.9 Å². The molecule has 1 aliphatic heterocycles. The number of hydrogen-bond donors (Lipinski definition) is 4. The van der Waals surface area contributed by atoms with Crippen LogP contribution in [0, 0.1) is 0 Å². The first kappa shape index (κ1) is 17.5. The number of likely N-dealkylation sites (tertiary alicyclic amines) is 1. The van der Waals surface area contributed by atoms with E-state index in [1.165, 1.54) is 6.07 Å². The largest absolute Gasteiger partial charge is 0.508 e. The fraction of sp³-hybridized carbons (Fsp3) is 0.429. The van der Waals surface area contributed by atoms with Crippen molar-refractivity contribution in [3.8, 4) is 5.75 Å². The molecule has 146 valence electrons. The number of benzene rings is 1. The Labute approximate surface area is 161 Å². The van der Waals surface area contributed by atoms with Crippen LogP contribution in [-0.2, 0) is 24.7 Å². The van der Waals surface area contributed by atoms with Gasteiger partial charge in [0, 0.05) is 30.0 Å². The number of carboxylic acids is 1. The number of aromatic hydroxyl groups is 1. The number of aromatic carboxylic acids is 1. The Balaban J connectivity index is 1.77. The van der Waals surface area contributed by atoms with E-state index in [4.69, 9.17) is 0 Å². The van der Waals surface area contributed by atoms with E-state index in [1.54, 1.807) is 12.1 Å². The summed E-state index contributed by atoms with van der Waals surface area (Å²) in [5, 5.41) is 31.5. The lowest BCUT2D eigenvalue weighted by atomic mass is 9.49. The molecule has 3 aliphatic rings. The lowest BCUT2D eigenvalue weighted by Crippen LogP contribution is -2.73. The molecule has 1 aromatic heterocycles. The maximum atomic E-state index is 12.2. The van der Waals surface area contributed by atoms with Crippen molar-refractivity contribution >= 4 is 5.97 Å². The monoisotopic (exact) mass is 382 g/mol. The molecule has 0 saturated carbocycles. The molecule has 1 fully saturated rings. The lowest BCUT2D eigenvalue weighted by Gasteiger charge is -2.63. The van der Waals surface area contributed by atoms with Crippen LogP contribution >= 0.6 is 0 Å². The summed E-state index contributed by atoms with van der Waals surface area (Å²) in [5.41, 5.74) is 0.743. The van der Waals surface area contributed by atoms with E-state index < -0.39 is 22.5 Å². The number of carboxylic acid groups (broad SMARTS) is 1. The Morgan fingerprint density at radius 1 is 1.25 bits per heavy atom. The van der Waals surface area contributed by atoms with Gasteiger partial charge in [0.05, 0.1) is 5.60 Å². The number of aromatic nitrogens is 1. The maximum absolute atomic E-state index is 12.2. The van der Waals surface area contributed by atoms with Gasteiger partial charge >= 0.3 is 5.97 Å². The average molecular weight is 382 g/mol. The van der Waals surface area contributed by atoms with Crippen LogP contribution in [0.1, 0.15) is 39.2 Å². The van der Waals surface area contributed by atoms with Gasteiger partial charge in [-0.25, -0.2) is 4.79 Å². The average Bonchev–Trinajstić information content (AvgIpc) is 2.63. The Morgan fingerprint density at radius 3 is 2.79 bits per heavy atom. The number of likely N-dealkylation sites (N-methyl/N-ethyl adjacent to an activating group) is 1. The normalized spacial score (nSPS) is 30.9. The van der Waals surface area contributed by atoms with Gasteiger partial charge < -0.3 is 25.2 Å². The van der Waals surface area contributed by atoms with E-state index in [1.807, 2.05) is 13.1 Å². The minimum atomic E-state index is -1.27. The number of carbonyl (C=O) groups is 1. The molecule has 0 radical (unpaired) electrons. The number of fused-ring (bicyclic) bond motifs is 2. The molecule has 2 aliphatic carbocycles. The van der Waals surface area contributed by atoms with Crippen LogP contribution in [-0.4, -0.2) is 56.4 Å². The van der Waals surface area contributed by atoms with Crippen molar-refractivity contribution in [1.82, 2.24) is 9.88 Å². The molecule has 2 aromatic rings. The number of rotatable bonds is 1. The van der Waals surface area contributed by atoms with Gasteiger partial charge in [-0.1, -0.05) is 6.07 Å². The van der Waals surface area contributed by atoms with Crippen molar-refractivity contribution in [3.63, 3.8) is 0 Å². The van der Waals surface area contributed by atoms with Crippen molar-refractivity contribution in [1.29, 1.82) is 0 Å². The fourth-order valence-electron chi connectivity index (χ4n) is 5.81. The second-order valence-corrected chi connectivity index (χ2v) is 8.47. The molecular formula is C21H22N2O5. The van der Waals surface area contributed by atoms with Gasteiger partial charge in [0.15, 0.2) is 0 Å². The zero-order valence-corrected chi connectivity index (χ0v) is 15.5. The zero-order chi connectivity index (χ0) is 19.8. The highest BCUT2D eigenvalue weighted by molar-refractivity contribution is 5.87. The number of nitrogens with one attached hydrogen (secondary N) is 1. The molecule has 5 rings (SSSR count). The molecule has 1 saturated heterocycles.